The van der Waals surface area contributed by atoms with Crippen molar-refractivity contribution in [3.8, 4) is 6.07 Å². The fraction of sp³-hybridized carbons (Fsp3) is 0.889. The minimum absolute atomic E-state index is 0.0931. The summed E-state index contributed by atoms with van der Waals surface area (Å²) in [6.45, 7) is 1.11. The van der Waals surface area contributed by atoms with E-state index in [0.29, 0.717) is 18.6 Å². The zero-order valence-electron chi connectivity index (χ0n) is 14.0. The molecule has 5 nitrogen and oxygen atoms in total. The number of nitrogens with zero attached hydrogens (tertiary/aromatic N) is 2. The van der Waals surface area contributed by atoms with Crippen LogP contribution in [0.2, 0.25) is 0 Å². The van der Waals surface area contributed by atoms with Gasteiger partial charge < -0.3 is 15.0 Å². The van der Waals surface area contributed by atoms with Gasteiger partial charge in [0.15, 0.2) is 0 Å². The molecule has 0 aromatic carbocycles. The Morgan fingerprint density at radius 2 is 2.17 bits per heavy atom. The number of carbonyl (C=O) groups excluding carboxylic acids is 1. The summed E-state index contributed by atoms with van der Waals surface area (Å²) >= 11 is 0. The van der Waals surface area contributed by atoms with Gasteiger partial charge >= 0.3 is 0 Å². The number of hydrogen-bond donors (Lipinski definition) is 1. The quantitative estimate of drug-likeness (QED) is 0.857. The molecule has 1 saturated heterocycles. The van der Waals surface area contributed by atoms with Crippen LogP contribution in [-0.2, 0) is 9.53 Å². The highest BCUT2D eigenvalue weighted by Gasteiger charge is 2.58. The predicted molar refractivity (Wildman–Crippen MR) is 85.4 cm³/mol. The third-order valence-corrected chi connectivity index (χ3v) is 7.05. The minimum Gasteiger partial charge on any atom is -0.381 e. The van der Waals surface area contributed by atoms with Gasteiger partial charge in [-0.1, -0.05) is 0 Å². The molecular formula is C18H27N3O2. The Kier molecular flexibility index (Phi) is 3.85. The number of methoxy groups -OCH3 is 1. The number of nitriles is 1. The summed E-state index contributed by atoms with van der Waals surface area (Å²) in [6.07, 6.45) is 8.17. The maximum Gasteiger partial charge on any atom is 0.237 e. The Hall–Kier alpha value is -1.12. The molecule has 4 bridgehead atoms. The molecule has 5 unspecified atom stereocenters. The second-order valence-corrected chi connectivity index (χ2v) is 8.07. The zero-order chi connectivity index (χ0) is 16.0. The Morgan fingerprint density at radius 1 is 1.35 bits per heavy atom. The Balaban J connectivity index is 1.43. The van der Waals surface area contributed by atoms with Crippen LogP contribution in [0.3, 0.4) is 0 Å². The van der Waals surface area contributed by atoms with Gasteiger partial charge in [0.2, 0.25) is 5.91 Å². The summed E-state index contributed by atoms with van der Waals surface area (Å²) in [7, 11) is 1.82. The van der Waals surface area contributed by atoms with Gasteiger partial charge in [0.25, 0.3) is 0 Å². The molecule has 0 aromatic rings. The second-order valence-electron chi connectivity index (χ2n) is 8.07. The molecule has 5 fully saturated rings. The van der Waals surface area contributed by atoms with Gasteiger partial charge in [-0.25, -0.2) is 0 Å². The van der Waals surface area contributed by atoms with Crippen LogP contribution in [0.5, 0.6) is 0 Å². The number of fused-ring (bicyclic) bond motifs is 2. The Labute approximate surface area is 138 Å². The average Bonchev–Trinajstić information content (AvgIpc) is 3.21. The van der Waals surface area contributed by atoms with Crippen LogP contribution in [0.4, 0.5) is 0 Å². The number of carbonyl (C=O) groups is 1. The molecular weight excluding hydrogens is 290 g/mol. The Bertz CT molecular complexity index is 531. The summed E-state index contributed by atoms with van der Waals surface area (Å²) in [6, 6.07) is 2.05. The summed E-state index contributed by atoms with van der Waals surface area (Å²) in [5.74, 6) is 2.46. The van der Waals surface area contributed by atoms with E-state index in [1.54, 1.807) is 4.90 Å². The van der Waals surface area contributed by atoms with Crippen molar-refractivity contribution in [2.75, 3.05) is 20.2 Å². The number of nitrogens with one attached hydrogen (secondary N) is 1. The molecule has 1 amide bonds. The standard InChI is InChI=1S/C18H27N3O2/c1-23-16-7-12-5-14-6-13(12)8-18(14,9-16)20-11-17(22)21-4-2-3-15(21)10-19/h12-16,20H,2-9,11H2,1H3/t12?,13?,14?,15-,16?,18?/m0/s1. The fourth-order valence-corrected chi connectivity index (χ4v) is 5.93. The van der Waals surface area contributed by atoms with E-state index in [2.05, 4.69) is 11.4 Å². The van der Waals surface area contributed by atoms with Gasteiger partial charge in [-0.2, -0.15) is 5.26 Å². The number of amides is 1. The predicted octanol–water partition coefficient (Wildman–Crippen LogP) is 1.68. The van der Waals surface area contributed by atoms with Gasteiger partial charge in [-0.05, 0) is 62.7 Å². The normalized spacial score (nSPS) is 44.5. The lowest BCUT2D eigenvalue weighted by Gasteiger charge is -2.39. The van der Waals surface area contributed by atoms with Crippen molar-refractivity contribution in [1.29, 1.82) is 5.26 Å². The molecule has 0 radical (unpaired) electrons. The first-order valence-corrected chi connectivity index (χ1v) is 9.12. The van der Waals surface area contributed by atoms with Crippen molar-refractivity contribution in [2.45, 2.75) is 62.6 Å². The minimum atomic E-state index is -0.216. The van der Waals surface area contributed by atoms with E-state index in [-0.39, 0.29) is 17.5 Å². The molecule has 23 heavy (non-hydrogen) atoms. The van der Waals surface area contributed by atoms with Crippen molar-refractivity contribution in [3.63, 3.8) is 0 Å². The van der Waals surface area contributed by atoms with Crippen molar-refractivity contribution in [1.82, 2.24) is 10.2 Å². The van der Waals surface area contributed by atoms with Gasteiger partial charge in [0.05, 0.1) is 18.7 Å². The van der Waals surface area contributed by atoms with Crippen molar-refractivity contribution in [3.05, 3.63) is 0 Å². The van der Waals surface area contributed by atoms with E-state index < -0.39 is 0 Å². The maximum absolute atomic E-state index is 12.6. The van der Waals surface area contributed by atoms with Gasteiger partial charge in [0.1, 0.15) is 6.04 Å². The zero-order valence-corrected chi connectivity index (χ0v) is 14.0. The largest absolute Gasteiger partial charge is 0.381 e. The molecule has 4 aliphatic carbocycles. The molecule has 0 aromatic heterocycles. The summed E-state index contributed by atoms with van der Waals surface area (Å²) in [5, 5.41) is 12.8. The molecule has 4 saturated carbocycles. The van der Waals surface area contributed by atoms with Crippen LogP contribution < -0.4 is 5.32 Å². The van der Waals surface area contributed by atoms with Crippen LogP contribution >= 0.6 is 0 Å². The fourth-order valence-electron chi connectivity index (χ4n) is 5.93. The third-order valence-electron chi connectivity index (χ3n) is 7.05. The highest BCUT2D eigenvalue weighted by Crippen LogP contribution is 2.59. The first-order valence-electron chi connectivity index (χ1n) is 9.12. The highest BCUT2D eigenvalue weighted by molar-refractivity contribution is 5.79. The number of ether oxygens (including phenoxy) is 1. The van der Waals surface area contributed by atoms with E-state index in [9.17, 15) is 10.1 Å². The summed E-state index contributed by atoms with van der Waals surface area (Å²) in [5.41, 5.74) is 0.0931. The lowest BCUT2D eigenvalue weighted by molar-refractivity contribution is -0.130. The maximum atomic E-state index is 12.6. The smallest absolute Gasteiger partial charge is 0.237 e. The molecule has 1 N–H and O–H groups in total. The van der Waals surface area contributed by atoms with Crippen molar-refractivity contribution in [2.24, 2.45) is 17.8 Å². The lowest BCUT2D eigenvalue weighted by atomic mass is 9.78. The average molecular weight is 317 g/mol. The first-order chi connectivity index (χ1) is 11.1. The van der Waals surface area contributed by atoms with Gasteiger partial charge in [-0.3, -0.25) is 4.79 Å². The molecule has 6 atom stereocenters. The van der Waals surface area contributed by atoms with Crippen LogP contribution in [0, 0.1) is 29.1 Å². The van der Waals surface area contributed by atoms with E-state index in [1.165, 1.54) is 25.7 Å². The van der Waals surface area contributed by atoms with E-state index in [1.807, 2.05) is 7.11 Å². The SMILES string of the molecule is COC1CC2CC3CC2CC3(NCC(=O)N2CCC[C@H]2C#N)C1. The molecule has 1 heterocycles. The van der Waals surface area contributed by atoms with Crippen molar-refractivity contribution < 1.29 is 9.53 Å². The molecule has 5 rings (SSSR count). The lowest BCUT2D eigenvalue weighted by Crippen LogP contribution is -2.54. The third kappa shape index (κ3) is 2.47. The number of likely N-dealkylation sites (tertiary alicyclic amines) is 1. The summed E-state index contributed by atoms with van der Waals surface area (Å²) < 4.78 is 5.71. The van der Waals surface area contributed by atoms with Crippen LogP contribution in [-0.4, -0.2) is 48.7 Å². The van der Waals surface area contributed by atoms with Crippen LogP contribution in [0.1, 0.15) is 44.9 Å². The molecule has 5 heteroatoms. The van der Waals surface area contributed by atoms with Crippen LogP contribution in [0.15, 0.2) is 0 Å². The van der Waals surface area contributed by atoms with Crippen molar-refractivity contribution >= 4 is 5.91 Å². The van der Waals surface area contributed by atoms with Gasteiger partial charge in [-0.15, -0.1) is 0 Å². The van der Waals surface area contributed by atoms with Gasteiger partial charge in [0, 0.05) is 19.2 Å². The number of hydrogen-bond acceptors (Lipinski definition) is 4. The first kappa shape index (κ1) is 15.4. The monoisotopic (exact) mass is 317 g/mol. The summed E-state index contributed by atoms with van der Waals surface area (Å²) in [4.78, 5) is 14.3. The van der Waals surface area contributed by atoms with Crippen LogP contribution in [0.25, 0.3) is 0 Å². The highest BCUT2D eigenvalue weighted by atomic mass is 16.5. The molecule has 126 valence electrons. The van der Waals surface area contributed by atoms with E-state index in [4.69, 9.17) is 4.74 Å². The number of rotatable bonds is 4. The molecule has 5 aliphatic rings. The Morgan fingerprint density at radius 3 is 2.87 bits per heavy atom. The molecule has 0 spiro atoms. The molecule has 1 aliphatic heterocycles. The topological polar surface area (TPSA) is 65.4 Å². The van der Waals surface area contributed by atoms with E-state index in [0.717, 1.165) is 37.6 Å². The van der Waals surface area contributed by atoms with E-state index >= 15 is 0 Å². The second kappa shape index (κ2) is 5.75.